The molecule has 0 spiro atoms. The second-order valence-electron chi connectivity index (χ2n) is 4.41. The standard InChI is InChI=1S/C15H10BrF3O2/c16-13(9-1-3-11(4-2-9)14(20)21)10-5-7-12(8-6-10)15(17,18)19/h1-8,13H,(H,20,21). The molecule has 0 aromatic heterocycles. The summed E-state index contributed by atoms with van der Waals surface area (Å²) in [5.74, 6) is -1.03. The van der Waals surface area contributed by atoms with Crippen molar-refractivity contribution >= 4 is 21.9 Å². The summed E-state index contributed by atoms with van der Waals surface area (Å²) in [4.78, 5) is 10.5. The number of carboxylic acid groups (broad SMARTS) is 1. The predicted molar refractivity (Wildman–Crippen MR) is 75.6 cm³/mol. The molecule has 110 valence electrons. The van der Waals surface area contributed by atoms with Gasteiger partial charge >= 0.3 is 12.1 Å². The Bertz CT molecular complexity index is 633. The van der Waals surface area contributed by atoms with Crippen LogP contribution in [0.25, 0.3) is 0 Å². The Morgan fingerprint density at radius 2 is 1.38 bits per heavy atom. The summed E-state index contributed by atoms with van der Waals surface area (Å²) in [5, 5.41) is 8.82. The Balaban J connectivity index is 2.23. The molecule has 1 unspecified atom stereocenters. The number of hydrogen-bond donors (Lipinski definition) is 1. The first kappa shape index (κ1) is 15.6. The second-order valence-corrected chi connectivity index (χ2v) is 5.33. The van der Waals surface area contributed by atoms with Crippen molar-refractivity contribution in [1.29, 1.82) is 0 Å². The van der Waals surface area contributed by atoms with E-state index in [2.05, 4.69) is 15.9 Å². The molecule has 2 aromatic rings. The zero-order valence-corrected chi connectivity index (χ0v) is 12.1. The predicted octanol–water partition coefficient (Wildman–Crippen LogP) is 4.89. The number of benzene rings is 2. The van der Waals surface area contributed by atoms with Crippen LogP contribution in [0, 0.1) is 0 Å². The SMILES string of the molecule is O=C(O)c1ccc(C(Br)c2ccc(C(F)(F)F)cc2)cc1. The first-order valence-corrected chi connectivity index (χ1v) is 6.85. The van der Waals surface area contributed by atoms with Crippen LogP contribution in [0.1, 0.15) is 31.9 Å². The minimum atomic E-state index is -4.36. The van der Waals surface area contributed by atoms with Gasteiger partial charge in [-0.15, -0.1) is 0 Å². The molecule has 6 heteroatoms. The van der Waals surface area contributed by atoms with Crippen molar-refractivity contribution in [3.8, 4) is 0 Å². The van der Waals surface area contributed by atoms with Gasteiger partial charge < -0.3 is 5.11 Å². The van der Waals surface area contributed by atoms with Gasteiger partial charge in [-0.1, -0.05) is 40.2 Å². The molecular formula is C15H10BrF3O2. The van der Waals surface area contributed by atoms with Crippen LogP contribution in [0.2, 0.25) is 0 Å². The first-order chi connectivity index (χ1) is 9.79. The monoisotopic (exact) mass is 358 g/mol. The van der Waals surface area contributed by atoms with Crippen molar-refractivity contribution in [2.75, 3.05) is 0 Å². The second kappa shape index (κ2) is 5.89. The van der Waals surface area contributed by atoms with Crippen molar-refractivity contribution < 1.29 is 23.1 Å². The van der Waals surface area contributed by atoms with Crippen molar-refractivity contribution in [2.45, 2.75) is 11.0 Å². The Morgan fingerprint density at radius 3 is 1.76 bits per heavy atom. The lowest BCUT2D eigenvalue weighted by Gasteiger charge is -2.13. The normalized spacial score (nSPS) is 13.0. The summed E-state index contributed by atoms with van der Waals surface area (Å²) >= 11 is 3.40. The van der Waals surface area contributed by atoms with Crippen LogP contribution in [0.5, 0.6) is 0 Å². The van der Waals surface area contributed by atoms with E-state index < -0.39 is 17.7 Å². The smallest absolute Gasteiger partial charge is 0.416 e. The van der Waals surface area contributed by atoms with Gasteiger partial charge in [-0.3, -0.25) is 0 Å². The molecule has 0 amide bonds. The van der Waals surface area contributed by atoms with E-state index in [1.165, 1.54) is 24.3 Å². The summed E-state index contributed by atoms with van der Waals surface area (Å²) in [5.41, 5.74) is 0.879. The van der Waals surface area contributed by atoms with Gasteiger partial charge in [0, 0.05) is 0 Å². The number of carboxylic acids is 1. The van der Waals surface area contributed by atoms with Gasteiger partial charge in [-0.05, 0) is 35.4 Å². The van der Waals surface area contributed by atoms with Crippen LogP contribution < -0.4 is 0 Å². The lowest BCUT2D eigenvalue weighted by molar-refractivity contribution is -0.137. The Kier molecular flexibility index (Phi) is 4.37. The van der Waals surface area contributed by atoms with Crippen molar-refractivity contribution in [3.05, 3.63) is 70.8 Å². The average Bonchev–Trinajstić information content (AvgIpc) is 2.46. The fourth-order valence-corrected chi connectivity index (χ4v) is 2.44. The van der Waals surface area contributed by atoms with Crippen LogP contribution >= 0.6 is 15.9 Å². The van der Waals surface area contributed by atoms with Crippen LogP contribution in [0.4, 0.5) is 13.2 Å². The highest BCUT2D eigenvalue weighted by Crippen LogP contribution is 2.34. The zero-order chi connectivity index (χ0) is 15.6. The highest BCUT2D eigenvalue weighted by Gasteiger charge is 2.30. The molecule has 0 saturated heterocycles. The zero-order valence-electron chi connectivity index (χ0n) is 10.6. The van der Waals surface area contributed by atoms with Crippen LogP contribution in [-0.2, 0) is 6.18 Å². The molecule has 0 aliphatic rings. The van der Waals surface area contributed by atoms with E-state index in [0.29, 0.717) is 5.56 Å². The number of hydrogen-bond acceptors (Lipinski definition) is 1. The third kappa shape index (κ3) is 3.64. The van der Waals surface area contributed by atoms with E-state index in [4.69, 9.17) is 5.11 Å². The molecule has 0 aliphatic carbocycles. The molecule has 1 atom stereocenters. The molecule has 0 bridgehead atoms. The Labute approximate surface area is 127 Å². The number of aromatic carboxylic acids is 1. The minimum absolute atomic E-state index is 0.158. The van der Waals surface area contributed by atoms with E-state index in [1.807, 2.05) is 0 Å². The summed E-state index contributed by atoms with van der Waals surface area (Å²) < 4.78 is 37.5. The van der Waals surface area contributed by atoms with Crippen LogP contribution in [-0.4, -0.2) is 11.1 Å². The number of carbonyl (C=O) groups is 1. The highest BCUT2D eigenvalue weighted by molar-refractivity contribution is 9.09. The van der Waals surface area contributed by atoms with E-state index >= 15 is 0 Å². The molecule has 2 aromatic carbocycles. The largest absolute Gasteiger partial charge is 0.478 e. The fraction of sp³-hybridized carbons (Fsp3) is 0.133. The van der Waals surface area contributed by atoms with Crippen molar-refractivity contribution in [3.63, 3.8) is 0 Å². The van der Waals surface area contributed by atoms with Gasteiger partial charge in [0.15, 0.2) is 0 Å². The van der Waals surface area contributed by atoms with Gasteiger partial charge in [-0.25, -0.2) is 4.79 Å². The van der Waals surface area contributed by atoms with Crippen LogP contribution in [0.3, 0.4) is 0 Å². The van der Waals surface area contributed by atoms with Gasteiger partial charge in [0.25, 0.3) is 0 Å². The number of rotatable bonds is 3. The van der Waals surface area contributed by atoms with E-state index in [0.717, 1.165) is 17.7 Å². The molecule has 0 radical (unpaired) electrons. The molecule has 0 aliphatic heterocycles. The quantitative estimate of drug-likeness (QED) is 0.793. The summed E-state index contributed by atoms with van der Waals surface area (Å²) in [7, 11) is 0. The average molecular weight is 359 g/mol. The molecule has 1 N–H and O–H groups in total. The Hall–Kier alpha value is -1.82. The first-order valence-electron chi connectivity index (χ1n) is 5.93. The molecule has 0 heterocycles. The third-order valence-corrected chi connectivity index (χ3v) is 4.04. The lowest BCUT2D eigenvalue weighted by Crippen LogP contribution is -2.05. The summed E-state index contributed by atoms with van der Waals surface area (Å²) in [6.45, 7) is 0. The molecule has 0 saturated carbocycles. The molecular weight excluding hydrogens is 349 g/mol. The van der Waals surface area contributed by atoms with Gasteiger partial charge in [-0.2, -0.15) is 13.2 Å². The molecule has 2 nitrogen and oxygen atoms in total. The van der Waals surface area contributed by atoms with Crippen LogP contribution in [0.15, 0.2) is 48.5 Å². The van der Waals surface area contributed by atoms with Gasteiger partial charge in [0.2, 0.25) is 0 Å². The van der Waals surface area contributed by atoms with Gasteiger partial charge in [0.05, 0.1) is 16.0 Å². The topological polar surface area (TPSA) is 37.3 Å². The lowest BCUT2D eigenvalue weighted by atomic mass is 10.0. The molecule has 0 fully saturated rings. The maximum absolute atomic E-state index is 12.5. The van der Waals surface area contributed by atoms with Crippen molar-refractivity contribution in [1.82, 2.24) is 0 Å². The molecule has 21 heavy (non-hydrogen) atoms. The Morgan fingerprint density at radius 1 is 0.952 bits per heavy atom. The minimum Gasteiger partial charge on any atom is -0.478 e. The maximum atomic E-state index is 12.5. The van der Waals surface area contributed by atoms with E-state index in [1.54, 1.807) is 12.1 Å². The van der Waals surface area contributed by atoms with Gasteiger partial charge in [0.1, 0.15) is 0 Å². The summed E-state index contributed by atoms with van der Waals surface area (Å²) in [6.07, 6.45) is -4.36. The summed E-state index contributed by atoms with van der Waals surface area (Å²) in [6, 6.07) is 11.0. The highest BCUT2D eigenvalue weighted by atomic mass is 79.9. The molecule has 2 rings (SSSR count). The van der Waals surface area contributed by atoms with Crippen molar-refractivity contribution in [2.24, 2.45) is 0 Å². The van der Waals surface area contributed by atoms with E-state index in [9.17, 15) is 18.0 Å². The maximum Gasteiger partial charge on any atom is 0.416 e. The fourth-order valence-electron chi connectivity index (χ4n) is 1.83. The number of halogens is 4. The van der Waals surface area contributed by atoms with E-state index in [-0.39, 0.29) is 10.4 Å². The third-order valence-electron chi connectivity index (χ3n) is 2.98. The number of alkyl halides is 4.